The molecule has 0 N–H and O–H groups in total. The van der Waals surface area contributed by atoms with Gasteiger partial charge in [0.05, 0.1) is 30.9 Å². The van der Waals surface area contributed by atoms with Gasteiger partial charge >= 0.3 is 5.97 Å². The van der Waals surface area contributed by atoms with Crippen LogP contribution in [0.25, 0.3) is 0 Å². The molecule has 0 radical (unpaired) electrons. The number of carbonyl (C=O) groups excluding carboxylic acids is 1. The molecule has 0 heterocycles. The molecule has 0 spiro atoms. The summed E-state index contributed by atoms with van der Waals surface area (Å²) in [6.07, 6.45) is 1.19. The summed E-state index contributed by atoms with van der Waals surface area (Å²) in [6, 6.07) is 1.40. The highest BCUT2D eigenvalue weighted by molar-refractivity contribution is 6.38. The summed E-state index contributed by atoms with van der Waals surface area (Å²) >= 11 is 12.0. The molecule has 0 bridgehead atoms. The zero-order chi connectivity index (χ0) is 14.4. The lowest BCUT2D eigenvalue weighted by atomic mass is 10.1. The fraction of sp³-hybridized carbons (Fsp3) is 0.333. The van der Waals surface area contributed by atoms with Gasteiger partial charge in [-0.2, -0.15) is 0 Å². The molecule has 1 aromatic rings. The van der Waals surface area contributed by atoms with E-state index in [0.29, 0.717) is 6.61 Å². The van der Waals surface area contributed by atoms with E-state index < -0.39 is 5.97 Å². The van der Waals surface area contributed by atoms with Crippen molar-refractivity contribution in [3.8, 4) is 5.75 Å². The normalized spacial score (nSPS) is 10.6. The minimum Gasteiger partial charge on any atom is -0.493 e. The first kappa shape index (κ1) is 15.6. The zero-order valence-electron chi connectivity index (χ0n) is 10.7. The van der Waals surface area contributed by atoms with Gasteiger partial charge in [0, 0.05) is 0 Å². The van der Waals surface area contributed by atoms with E-state index in [0.717, 1.165) is 0 Å². The molecule has 0 saturated carbocycles. The smallest absolute Gasteiger partial charge is 0.341 e. The molecule has 5 nitrogen and oxygen atoms in total. The summed E-state index contributed by atoms with van der Waals surface area (Å²) < 4.78 is 14.8. The number of rotatable bonds is 5. The van der Waals surface area contributed by atoms with E-state index in [4.69, 9.17) is 32.7 Å². The monoisotopic (exact) mass is 305 g/mol. The Morgan fingerprint density at radius 2 is 2.05 bits per heavy atom. The molecule has 0 amide bonds. The second-order valence-corrected chi connectivity index (χ2v) is 4.09. The Bertz CT molecular complexity index is 503. The van der Waals surface area contributed by atoms with Gasteiger partial charge in [-0.05, 0) is 13.0 Å². The summed E-state index contributed by atoms with van der Waals surface area (Å²) in [5.74, 6) is -0.411. The Balaban J connectivity index is 3.46. The van der Waals surface area contributed by atoms with Gasteiger partial charge in [0.1, 0.15) is 11.3 Å². The number of hydrogen-bond acceptors (Lipinski definition) is 5. The summed E-state index contributed by atoms with van der Waals surface area (Å²) in [5, 5.41) is 0.366. The molecule has 0 aliphatic heterocycles. The largest absolute Gasteiger partial charge is 0.493 e. The van der Waals surface area contributed by atoms with Gasteiger partial charge in [-0.3, -0.25) is 0 Å². The van der Waals surface area contributed by atoms with Gasteiger partial charge in [-0.1, -0.05) is 23.2 Å². The summed E-state index contributed by atoms with van der Waals surface area (Å²) in [5.41, 5.74) is 0.238. The highest BCUT2D eigenvalue weighted by Gasteiger charge is 2.23. The SMILES string of the molecule is CCOC=Nc1c(OC)c(Cl)cc(Cl)c1C(=O)OC. The molecule has 0 fully saturated rings. The van der Waals surface area contributed by atoms with Gasteiger partial charge in [-0.25, -0.2) is 9.79 Å². The molecular weight excluding hydrogens is 293 g/mol. The van der Waals surface area contributed by atoms with Gasteiger partial charge < -0.3 is 14.2 Å². The van der Waals surface area contributed by atoms with Crippen LogP contribution >= 0.6 is 23.2 Å². The maximum atomic E-state index is 11.7. The Kier molecular flexibility index (Phi) is 5.92. The van der Waals surface area contributed by atoms with Crippen LogP contribution in [0.15, 0.2) is 11.1 Å². The number of carbonyl (C=O) groups is 1. The Morgan fingerprint density at radius 3 is 2.58 bits per heavy atom. The van der Waals surface area contributed by atoms with Crippen molar-refractivity contribution < 1.29 is 19.0 Å². The first-order chi connectivity index (χ1) is 9.06. The summed E-state index contributed by atoms with van der Waals surface area (Å²) in [6.45, 7) is 2.24. The van der Waals surface area contributed by atoms with Crippen LogP contribution in [-0.4, -0.2) is 33.2 Å². The van der Waals surface area contributed by atoms with E-state index >= 15 is 0 Å². The average Bonchev–Trinajstić information content (AvgIpc) is 2.38. The van der Waals surface area contributed by atoms with Crippen LogP contribution in [0.2, 0.25) is 10.0 Å². The van der Waals surface area contributed by atoms with Crippen LogP contribution in [0, 0.1) is 0 Å². The van der Waals surface area contributed by atoms with E-state index in [1.165, 1.54) is 26.7 Å². The van der Waals surface area contributed by atoms with Crippen LogP contribution < -0.4 is 4.74 Å². The predicted octanol–water partition coefficient (Wildman–Crippen LogP) is 3.48. The quantitative estimate of drug-likeness (QED) is 0.475. The summed E-state index contributed by atoms with van der Waals surface area (Å²) in [7, 11) is 2.66. The van der Waals surface area contributed by atoms with Crippen molar-refractivity contribution >= 4 is 41.3 Å². The minimum absolute atomic E-state index is 0.0707. The molecular formula is C12H13Cl2NO4. The Morgan fingerprint density at radius 1 is 1.37 bits per heavy atom. The molecule has 1 aromatic carbocycles. The lowest BCUT2D eigenvalue weighted by Crippen LogP contribution is -2.04. The van der Waals surface area contributed by atoms with E-state index in [-0.39, 0.29) is 27.0 Å². The third kappa shape index (κ3) is 3.52. The van der Waals surface area contributed by atoms with Crippen molar-refractivity contribution in [1.82, 2.24) is 0 Å². The number of nitrogens with zero attached hydrogens (tertiary/aromatic N) is 1. The topological polar surface area (TPSA) is 57.1 Å². The zero-order valence-corrected chi connectivity index (χ0v) is 12.2. The number of methoxy groups -OCH3 is 2. The molecule has 0 aromatic heterocycles. The maximum absolute atomic E-state index is 11.7. The molecule has 0 unspecified atom stereocenters. The molecule has 1 rings (SSSR count). The molecule has 0 aliphatic rings. The van der Waals surface area contributed by atoms with Crippen molar-refractivity contribution in [3.05, 3.63) is 21.7 Å². The molecule has 0 aliphatic carbocycles. The van der Waals surface area contributed by atoms with Gasteiger partial charge in [0.2, 0.25) is 0 Å². The molecule has 0 atom stereocenters. The van der Waals surface area contributed by atoms with Crippen LogP contribution in [-0.2, 0) is 9.47 Å². The van der Waals surface area contributed by atoms with Gasteiger partial charge in [0.15, 0.2) is 12.2 Å². The molecule has 104 valence electrons. The van der Waals surface area contributed by atoms with E-state index in [9.17, 15) is 4.79 Å². The van der Waals surface area contributed by atoms with E-state index in [1.807, 2.05) is 0 Å². The number of hydrogen-bond donors (Lipinski definition) is 0. The molecule has 0 saturated heterocycles. The van der Waals surface area contributed by atoms with Crippen LogP contribution in [0.5, 0.6) is 5.75 Å². The first-order valence-electron chi connectivity index (χ1n) is 5.35. The Labute approximate surface area is 121 Å². The minimum atomic E-state index is -0.636. The van der Waals surface area contributed by atoms with Gasteiger partial charge in [-0.15, -0.1) is 0 Å². The number of halogens is 2. The fourth-order valence-corrected chi connectivity index (χ4v) is 1.97. The fourth-order valence-electron chi connectivity index (χ4n) is 1.37. The molecule has 7 heteroatoms. The lowest BCUT2D eigenvalue weighted by Gasteiger charge is -2.12. The second kappa shape index (κ2) is 7.21. The number of ether oxygens (including phenoxy) is 3. The highest BCUT2D eigenvalue weighted by atomic mass is 35.5. The number of benzene rings is 1. The third-order valence-electron chi connectivity index (χ3n) is 2.18. The lowest BCUT2D eigenvalue weighted by molar-refractivity contribution is 0.0601. The maximum Gasteiger partial charge on any atom is 0.341 e. The van der Waals surface area contributed by atoms with Crippen LogP contribution in [0.4, 0.5) is 5.69 Å². The Hall–Kier alpha value is -1.46. The first-order valence-corrected chi connectivity index (χ1v) is 6.10. The van der Waals surface area contributed by atoms with Crippen LogP contribution in [0.1, 0.15) is 17.3 Å². The van der Waals surface area contributed by atoms with Crippen molar-refractivity contribution in [3.63, 3.8) is 0 Å². The van der Waals surface area contributed by atoms with Gasteiger partial charge in [0.25, 0.3) is 0 Å². The van der Waals surface area contributed by atoms with Crippen molar-refractivity contribution in [2.45, 2.75) is 6.92 Å². The second-order valence-electron chi connectivity index (χ2n) is 3.28. The summed E-state index contributed by atoms with van der Waals surface area (Å²) in [4.78, 5) is 15.8. The van der Waals surface area contributed by atoms with Crippen LogP contribution in [0.3, 0.4) is 0 Å². The predicted molar refractivity (Wildman–Crippen MR) is 74.1 cm³/mol. The standard InChI is InChI=1S/C12H13Cl2NO4/c1-4-19-6-15-10-9(12(16)18-3)7(13)5-8(14)11(10)17-2/h5-6H,4H2,1-3H3. The number of aliphatic imine (C=N–C) groups is 1. The van der Waals surface area contributed by atoms with E-state index in [2.05, 4.69) is 9.73 Å². The van der Waals surface area contributed by atoms with Crippen molar-refractivity contribution in [2.24, 2.45) is 4.99 Å². The third-order valence-corrected chi connectivity index (χ3v) is 2.76. The average molecular weight is 306 g/mol. The highest BCUT2D eigenvalue weighted by Crippen LogP contribution is 2.42. The van der Waals surface area contributed by atoms with E-state index in [1.54, 1.807) is 6.92 Å². The van der Waals surface area contributed by atoms with Crippen molar-refractivity contribution in [2.75, 3.05) is 20.8 Å². The van der Waals surface area contributed by atoms with Crippen molar-refractivity contribution in [1.29, 1.82) is 0 Å². The number of esters is 1. The molecule has 19 heavy (non-hydrogen) atoms.